The number of nitrogens with one attached hydrogen (secondary N) is 1. The largest absolute Gasteiger partial charge is 0.382 e. The van der Waals surface area contributed by atoms with E-state index in [4.69, 9.17) is 9.47 Å². The molecule has 1 fully saturated rings. The van der Waals surface area contributed by atoms with Gasteiger partial charge in [-0.25, -0.2) is 0 Å². The topological polar surface area (TPSA) is 33.7 Å². The molecule has 1 rings (SSSR count). The van der Waals surface area contributed by atoms with Crippen LogP contribution in [0, 0.1) is 0 Å². The van der Waals surface area contributed by atoms with Crippen molar-refractivity contribution in [3.63, 3.8) is 0 Å². The lowest BCUT2D eigenvalue weighted by atomic mass is 10.0. The monoisotopic (exact) mass is 272 g/mol. The number of nitrogens with zero attached hydrogens (tertiary/aromatic N) is 1. The van der Waals surface area contributed by atoms with E-state index in [9.17, 15) is 0 Å². The van der Waals surface area contributed by atoms with Crippen molar-refractivity contribution >= 4 is 0 Å². The number of likely N-dealkylation sites (tertiary alicyclic amines) is 1. The lowest BCUT2D eigenvalue weighted by molar-refractivity contribution is 0.0594. The van der Waals surface area contributed by atoms with Crippen molar-refractivity contribution in [2.75, 3.05) is 53.1 Å². The van der Waals surface area contributed by atoms with Gasteiger partial charge in [0.2, 0.25) is 0 Å². The Hall–Kier alpha value is -0.160. The SMILES string of the molecule is CCCNCC1CCCCN1CCCOCCOC. The molecule has 1 saturated heterocycles. The minimum Gasteiger partial charge on any atom is -0.382 e. The molecule has 0 aromatic rings. The van der Waals surface area contributed by atoms with E-state index in [0.29, 0.717) is 6.61 Å². The summed E-state index contributed by atoms with van der Waals surface area (Å²) in [6.45, 7) is 9.23. The summed E-state index contributed by atoms with van der Waals surface area (Å²) in [7, 11) is 1.71. The fraction of sp³-hybridized carbons (Fsp3) is 1.00. The highest BCUT2D eigenvalue weighted by atomic mass is 16.5. The van der Waals surface area contributed by atoms with E-state index in [1.54, 1.807) is 7.11 Å². The van der Waals surface area contributed by atoms with Gasteiger partial charge in [0.1, 0.15) is 0 Å². The van der Waals surface area contributed by atoms with E-state index in [0.717, 1.165) is 38.8 Å². The second-order valence-corrected chi connectivity index (χ2v) is 5.35. The summed E-state index contributed by atoms with van der Waals surface area (Å²) in [5.74, 6) is 0. The molecule has 0 bridgehead atoms. The molecule has 4 heteroatoms. The van der Waals surface area contributed by atoms with Gasteiger partial charge in [-0.05, 0) is 38.8 Å². The molecule has 0 aromatic carbocycles. The third kappa shape index (κ3) is 7.88. The van der Waals surface area contributed by atoms with Gasteiger partial charge in [0.05, 0.1) is 13.2 Å². The Morgan fingerprint density at radius 3 is 2.89 bits per heavy atom. The van der Waals surface area contributed by atoms with Crippen LogP contribution in [0.1, 0.15) is 39.0 Å². The highest BCUT2D eigenvalue weighted by Crippen LogP contribution is 2.16. The number of hydrogen-bond donors (Lipinski definition) is 1. The summed E-state index contributed by atoms with van der Waals surface area (Å²) in [6.07, 6.45) is 6.45. The van der Waals surface area contributed by atoms with E-state index in [1.165, 1.54) is 38.8 Å². The average molecular weight is 272 g/mol. The first kappa shape index (κ1) is 16.9. The summed E-state index contributed by atoms with van der Waals surface area (Å²) in [4.78, 5) is 2.64. The lowest BCUT2D eigenvalue weighted by Crippen LogP contribution is -2.46. The third-order valence-electron chi connectivity index (χ3n) is 3.72. The number of ether oxygens (including phenoxy) is 2. The second-order valence-electron chi connectivity index (χ2n) is 5.35. The molecule has 4 nitrogen and oxygen atoms in total. The van der Waals surface area contributed by atoms with Gasteiger partial charge in [-0.1, -0.05) is 13.3 Å². The Morgan fingerprint density at radius 1 is 1.21 bits per heavy atom. The van der Waals surface area contributed by atoms with E-state index >= 15 is 0 Å². The summed E-state index contributed by atoms with van der Waals surface area (Å²) >= 11 is 0. The molecule has 0 aromatic heterocycles. The van der Waals surface area contributed by atoms with Crippen molar-refractivity contribution in [2.45, 2.75) is 45.1 Å². The minimum absolute atomic E-state index is 0.702. The molecule has 1 unspecified atom stereocenters. The normalized spacial score (nSPS) is 20.8. The zero-order valence-corrected chi connectivity index (χ0v) is 12.8. The van der Waals surface area contributed by atoms with Gasteiger partial charge in [0.25, 0.3) is 0 Å². The summed E-state index contributed by atoms with van der Waals surface area (Å²) in [6, 6.07) is 0.735. The van der Waals surface area contributed by atoms with Crippen LogP contribution in [-0.2, 0) is 9.47 Å². The highest BCUT2D eigenvalue weighted by molar-refractivity contribution is 4.78. The molecule has 1 aliphatic heterocycles. The smallest absolute Gasteiger partial charge is 0.0700 e. The number of piperidine rings is 1. The van der Waals surface area contributed by atoms with E-state index in [1.807, 2.05) is 0 Å². The maximum atomic E-state index is 5.53. The molecule has 114 valence electrons. The third-order valence-corrected chi connectivity index (χ3v) is 3.72. The number of hydrogen-bond acceptors (Lipinski definition) is 4. The maximum absolute atomic E-state index is 5.53. The van der Waals surface area contributed by atoms with Gasteiger partial charge >= 0.3 is 0 Å². The molecule has 1 heterocycles. The molecule has 0 saturated carbocycles. The summed E-state index contributed by atoms with van der Waals surface area (Å²) in [5, 5.41) is 3.56. The van der Waals surface area contributed by atoms with Crippen LogP contribution in [0.5, 0.6) is 0 Å². The first-order valence-electron chi connectivity index (χ1n) is 7.90. The van der Waals surface area contributed by atoms with Crippen LogP contribution in [0.2, 0.25) is 0 Å². The Kier molecular flexibility index (Phi) is 10.4. The molecule has 1 atom stereocenters. The number of methoxy groups -OCH3 is 1. The summed E-state index contributed by atoms with van der Waals surface area (Å²) in [5.41, 5.74) is 0. The molecular weight excluding hydrogens is 240 g/mol. The van der Waals surface area contributed by atoms with Crippen molar-refractivity contribution in [3.8, 4) is 0 Å². The van der Waals surface area contributed by atoms with Crippen LogP contribution in [0.4, 0.5) is 0 Å². The molecule has 0 amide bonds. The Labute approximate surface area is 118 Å². The molecule has 1 N–H and O–H groups in total. The fourth-order valence-electron chi connectivity index (χ4n) is 2.65. The zero-order chi connectivity index (χ0) is 13.8. The van der Waals surface area contributed by atoms with Crippen molar-refractivity contribution in [1.82, 2.24) is 10.2 Å². The van der Waals surface area contributed by atoms with Gasteiger partial charge in [0, 0.05) is 32.8 Å². The highest BCUT2D eigenvalue weighted by Gasteiger charge is 2.21. The Bertz CT molecular complexity index is 203. The maximum Gasteiger partial charge on any atom is 0.0700 e. The van der Waals surface area contributed by atoms with Crippen molar-refractivity contribution < 1.29 is 9.47 Å². The Morgan fingerprint density at radius 2 is 2.11 bits per heavy atom. The van der Waals surface area contributed by atoms with Crippen LogP contribution < -0.4 is 5.32 Å². The zero-order valence-electron chi connectivity index (χ0n) is 12.8. The molecule has 0 spiro atoms. The van der Waals surface area contributed by atoms with Crippen molar-refractivity contribution in [2.24, 2.45) is 0 Å². The van der Waals surface area contributed by atoms with E-state index in [2.05, 4.69) is 17.1 Å². The molecule has 19 heavy (non-hydrogen) atoms. The Balaban J connectivity index is 2.09. The average Bonchev–Trinajstić information content (AvgIpc) is 2.44. The summed E-state index contributed by atoms with van der Waals surface area (Å²) < 4.78 is 10.5. The second kappa shape index (κ2) is 11.6. The van der Waals surface area contributed by atoms with E-state index in [-0.39, 0.29) is 0 Å². The van der Waals surface area contributed by atoms with Gasteiger partial charge < -0.3 is 14.8 Å². The quantitative estimate of drug-likeness (QED) is 0.582. The predicted molar refractivity (Wildman–Crippen MR) is 79.7 cm³/mol. The van der Waals surface area contributed by atoms with Crippen LogP contribution in [-0.4, -0.2) is 64.1 Å². The van der Waals surface area contributed by atoms with Gasteiger partial charge in [0.15, 0.2) is 0 Å². The van der Waals surface area contributed by atoms with Crippen molar-refractivity contribution in [3.05, 3.63) is 0 Å². The predicted octanol–water partition coefficient (Wildman–Crippen LogP) is 1.89. The van der Waals surface area contributed by atoms with Gasteiger partial charge in [-0.3, -0.25) is 4.90 Å². The lowest BCUT2D eigenvalue weighted by Gasteiger charge is -2.36. The molecule has 1 aliphatic rings. The molecule has 0 aliphatic carbocycles. The fourth-order valence-corrected chi connectivity index (χ4v) is 2.65. The van der Waals surface area contributed by atoms with Crippen LogP contribution in [0.15, 0.2) is 0 Å². The van der Waals surface area contributed by atoms with Crippen LogP contribution in [0.25, 0.3) is 0 Å². The van der Waals surface area contributed by atoms with Gasteiger partial charge in [-0.15, -0.1) is 0 Å². The first-order valence-corrected chi connectivity index (χ1v) is 7.90. The van der Waals surface area contributed by atoms with E-state index < -0.39 is 0 Å². The van der Waals surface area contributed by atoms with Crippen LogP contribution >= 0.6 is 0 Å². The van der Waals surface area contributed by atoms with Crippen molar-refractivity contribution in [1.29, 1.82) is 0 Å². The van der Waals surface area contributed by atoms with Crippen LogP contribution in [0.3, 0.4) is 0 Å². The van der Waals surface area contributed by atoms with Gasteiger partial charge in [-0.2, -0.15) is 0 Å². The first-order chi connectivity index (χ1) is 9.38. The number of rotatable bonds is 11. The standard InChI is InChI=1S/C15H32N2O2/c1-3-8-16-14-15-7-4-5-9-17(15)10-6-11-19-13-12-18-2/h15-16H,3-14H2,1-2H3. The minimum atomic E-state index is 0.702. The molecule has 0 radical (unpaired) electrons. The molecular formula is C15H32N2O2.